The van der Waals surface area contributed by atoms with Crippen LogP contribution < -0.4 is 14.4 Å². The third-order valence-electron chi connectivity index (χ3n) is 5.14. The van der Waals surface area contributed by atoms with Gasteiger partial charge >= 0.3 is 0 Å². The number of nitrogens with zero attached hydrogens (tertiary/aromatic N) is 2. The third-order valence-corrected chi connectivity index (χ3v) is 5.50. The van der Waals surface area contributed by atoms with E-state index in [0.717, 1.165) is 0 Å². The van der Waals surface area contributed by atoms with Crippen molar-refractivity contribution < 1.29 is 23.5 Å². The summed E-state index contributed by atoms with van der Waals surface area (Å²) in [5.41, 5.74) is 0.924. The monoisotopic (exact) mass is 418 g/mol. The predicted octanol–water partition coefficient (Wildman–Crippen LogP) is 3.26. The van der Waals surface area contributed by atoms with Crippen molar-refractivity contribution >= 4 is 29.1 Å². The molecule has 2 heterocycles. The maximum atomic E-state index is 14.0. The van der Waals surface area contributed by atoms with Crippen molar-refractivity contribution in [2.75, 3.05) is 31.7 Å². The molecule has 0 spiro atoms. The van der Waals surface area contributed by atoms with E-state index in [2.05, 4.69) is 0 Å². The minimum Gasteiger partial charge on any atom is -0.486 e. The standard InChI is InChI=1S/C21H20ClFN2O4/c1-24(12-15-16(22)3-2-4-17(15)23)21(27)13-9-20(26)25(11-13)14-5-6-18-19(10-14)29-8-7-28-18/h2-6,10,13H,7-9,11-12H2,1H3/t13-/m0/s1. The lowest BCUT2D eigenvalue weighted by molar-refractivity contribution is -0.135. The summed E-state index contributed by atoms with van der Waals surface area (Å²) in [6.45, 7) is 1.24. The number of amides is 2. The second-order valence-electron chi connectivity index (χ2n) is 7.13. The van der Waals surface area contributed by atoms with Crippen molar-refractivity contribution in [1.82, 2.24) is 4.90 Å². The number of rotatable bonds is 4. The molecular formula is C21H20ClFN2O4. The summed E-state index contributed by atoms with van der Waals surface area (Å²) < 4.78 is 25.1. The van der Waals surface area contributed by atoms with Crippen molar-refractivity contribution in [2.24, 2.45) is 5.92 Å². The number of anilines is 1. The second kappa shape index (κ2) is 7.91. The van der Waals surface area contributed by atoms with E-state index in [1.54, 1.807) is 36.2 Å². The van der Waals surface area contributed by atoms with Gasteiger partial charge in [0.1, 0.15) is 19.0 Å². The molecule has 2 amide bonds. The van der Waals surface area contributed by atoms with Gasteiger partial charge in [-0.05, 0) is 24.3 Å². The smallest absolute Gasteiger partial charge is 0.228 e. The molecule has 1 saturated heterocycles. The number of benzene rings is 2. The van der Waals surface area contributed by atoms with E-state index < -0.39 is 11.7 Å². The van der Waals surface area contributed by atoms with Crippen LogP contribution >= 0.6 is 11.6 Å². The SMILES string of the molecule is CN(Cc1c(F)cccc1Cl)C(=O)[C@H]1CC(=O)N(c2ccc3c(c2)OCCO3)C1. The van der Waals surface area contributed by atoms with Crippen LogP contribution in [0.3, 0.4) is 0 Å². The van der Waals surface area contributed by atoms with Gasteiger partial charge in [0.25, 0.3) is 0 Å². The maximum absolute atomic E-state index is 14.0. The minimum atomic E-state index is -0.508. The average molecular weight is 419 g/mol. The van der Waals surface area contributed by atoms with Crippen molar-refractivity contribution in [2.45, 2.75) is 13.0 Å². The molecule has 1 fully saturated rings. The molecule has 0 bridgehead atoms. The fraction of sp³-hybridized carbons (Fsp3) is 0.333. The molecule has 0 unspecified atom stereocenters. The highest BCUT2D eigenvalue weighted by Gasteiger charge is 2.37. The molecule has 2 aromatic carbocycles. The summed E-state index contributed by atoms with van der Waals surface area (Å²) in [6, 6.07) is 9.70. The van der Waals surface area contributed by atoms with Gasteiger partial charge in [0.05, 0.1) is 5.92 Å². The van der Waals surface area contributed by atoms with Crippen LogP contribution in [0.2, 0.25) is 5.02 Å². The average Bonchev–Trinajstić information content (AvgIpc) is 3.11. The summed E-state index contributed by atoms with van der Waals surface area (Å²) in [6.07, 6.45) is 0.0998. The molecule has 0 N–H and O–H groups in total. The Labute approximate surface area is 172 Å². The predicted molar refractivity (Wildman–Crippen MR) is 106 cm³/mol. The number of hydrogen-bond donors (Lipinski definition) is 0. The molecule has 0 saturated carbocycles. The van der Waals surface area contributed by atoms with Crippen molar-refractivity contribution in [1.29, 1.82) is 0 Å². The Morgan fingerprint density at radius 2 is 2.00 bits per heavy atom. The van der Waals surface area contributed by atoms with E-state index in [9.17, 15) is 14.0 Å². The Morgan fingerprint density at radius 3 is 2.76 bits per heavy atom. The highest BCUT2D eigenvalue weighted by atomic mass is 35.5. The van der Waals surface area contributed by atoms with Crippen LogP contribution in [-0.2, 0) is 16.1 Å². The number of halogens is 2. The van der Waals surface area contributed by atoms with E-state index in [0.29, 0.717) is 30.4 Å². The molecular weight excluding hydrogens is 399 g/mol. The molecule has 2 aromatic rings. The molecule has 29 heavy (non-hydrogen) atoms. The first kappa shape index (κ1) is 19.5. The molecule has 2 aliphatic heterocycles. The summed E-state index contributed by atoms with van der Waals surface area (Å²) in [7, 11) is 1.59. The molecule has 0 aliphatic carbocycles. The summed E-state index contributed by atoms with van der Waals surface area (Å²) >= 11 is 6.06. The zero-order valence-electron chi connectivity index (χ0n) is 15.9. The highest BCUT2D eigenvalue weighted by molar-refractivity contribution is 6.31. The van der Waals surface area contributed by atoms with Crippen LogP contribution in [0.15, 0.2) is 36.4 Å². The Hall–Kier alpha value is -2.80. The summed E-state index contributed by atoms with van der Waals surface area (Å²) in [4.78, 5) is 28.4. The van der Waals surface area contributed by atoms with Gasteiger partial charge in [-0.2, -0.15) is 0 Å². The normalized spacial score (nSPS) is 18.1. The lowest BCUT2D eigenvalue weighted by atomic mass is 10.1. The maximum Gasteiger partial charge on any atom is 0.228 e. The number of ether oxygens (including phenoxy) is 2. The van der Waals surface area contributed by atoms with Crippen LogP contribution in [0, 0.1) is 11.7 Å². The number of hydrogen-bond acceptors (Lipinski definition) is 4. The lowest BCUT2D eigenvalue weighted by Gasteiger charge is -2.23. The zero-order chi connectivity index (χ0) is 20.5. The van der Waals surface area contributed by atoms with Crippen LogP contribution in [0.1, 0.15) is 12.0 Å². The number of carbonyl (C=O) groups is 2. The Balaban J connectivity index is 1.46. The van der Waals surface area contributed by atoms with Gasteiger partial charge in [-0.25, -0.2) is 4.39 Å². The molecule has 0 aromatic heterocycles. The largest absolute Gasteiger partial charge is 0.486 e. The molecule has 152 valence electrons. The van der Waals surface area contributed by atoms with Crippen LogP contribution in [0.4, 0.5) is 10.1 Å². The third kappa shape index (κ3) is 3.87. The topological polar surface area (TPSA) is 59.1 Å². The van der Waals surface area contributed by atoms with E-state index in [1.165, 1.54) is 17.0 Å². The molecule has 8 heteroatoms. The van der Waals surface area contributed by atoms with E-state index in [4.69, 9.17) is 21.1 Å². The van der Waals surface area contributed by atoms with Gasteiger partial charge in [0.2, 0.25) is 11.8 Å². The molecule has 1 atom stereocenters. The molecule has 6 nitrogen and oxygen atoms in total. The van der Waals surface area contributed by atoms with Gasteiger partial charge < -0.3 is 19.3 Å². The highest BCUT2D eigenvalue weighted by Crippen LogP contribution is 2.36. The molecule has 0 radical (unpaired) electrons. The fourth-order valence-electron chi connectivity index (χ4n) is 3.63. The first-order valence-electron chi connectivity index (χ1n) is 9.32. The van der Waals surface area contributed by atoms with Crippen molar-refractivity contribution in [3.8, 4) is 11.5 Å². The first-order valence-corrected chi connectivity index (χ1v) is 9.69. The number of fused-ring (bicyclic) bond motifs is 1. The Bertz CT molecular complexity index is 947. The Morgan fingerprint density at radius 1 is 1.24 bits per heavy atom. The Kier molecular flexibility index (Phi) is 5.32. The second-order valence-corrected chi connectivity index (χ2v) is 7.54. The quantitative estimate of drug-likeness (QED) is 0.764. The molecule has 4 rings (SSSR count). The van der Waals surface area contributed by atoms with Crippen molar-refractivity contribution in [3.63, 3.8) is 0 Å². The van der Waals surface area contributed by atoms with E-state index in [1.807, 2.05) is 0 Å². The van der Waals surface area contributed by atoms with Gasteiger partial charge in [0, 0.05) is 48.9 Å². The van der Waals surface area contributed by atoms with Gasteiger partial charge in [-0.3, -0.25) is 9.59 Å². The first-order chi connectivity index (χ1) is 13.9. The minimum absolute atomic E-state index is 0.0407. The summed E-state index contributed by atoms with van der Waals surface area (Å²) in [5, 5.41) is 0.269. The number of carbonyl (C=O) groups excluding carboxylic acids is 2. The van der Waals surface area contributed by atoms with E-state index >= 15 is 0 Å². The van der Waals surface area contributed by atoms with Gasteiger partial charge in [-0.1, -0.05) is 17.7 Å². The van der Waals surface area contributed by atoms with Crippen molar-refractivity contribution in [3.05, 3.63) is 52.8 Å². The van der Waals surface area contributed by atoms with E-state index in [-0.39, 0.29) is 41.9 Å². The van der Waals surface area contributed by atoms with Crippen LogP contribution in [-0.4, -0.2) is 43.5 Å². The lowest BCUT2D eigenvalue weighted by Crippen LogP contribution is -2.34. The van der Waals surface area contributed by atoms with Crippen LogP contribution in [0.25, 0.3) is 0 Å². The van der Waals surface area contributed by atoms with Gasteiger partial charge in [0.15, 0.2) is 11.5 Å². The summed E-state index contributed by atoms with van der Waals surface area (Å²) in [5.74, 6) is -0.109. The zero-order valence-corrected chi connectivity index (χ0v) is 16.6. The van der Waals surface area contributed by atoms with Gasteiger partial charge in [-0.15, -0.1) is 0 Å². The van der Waals surface area contributed by atoms with Crippen LogP contribution in [0.5, 0.6) is 11.5 Å². The fourth-order valence-corrected chi connectivity index (χ4v) is 3.86. The molecule has 2 aliphatic rings.